The van der Waals surface area contributed by atoms with Gasteiger partial charge in [-0.1, -0.05) is 12.5 Å². The normalized spacial score (nSPS) is 31.8. The summed E-state index contributed by atoms with van der Waals surface area (Å²) < 4.78 is 5.92. The van der Waals surface area contributed by atoms with Gasteiger partial charge in [-0.2, -0.15) is 0 Å². The highest BCUT2D eigenvalue weighted by molar-refractivity contribution is 5.34. The summed E-state index contributed by atoms with van der Waals surface area (Å²) >= 11 is 0. The van der Waals surface area contributed by atoms with Gasteiger partial charge in [-0.3, -0.25) is 5.84 Å². The van der Waals surface area contributed by atoms with Gasteiger partial charge < -0.3 is 14.7 Å². The third kappa shape index (κ3) is 2.96. The number of nitrogens with two attached hydrogens (primary N) is 1. The number of aliphatic hydroxyl groups excluding tert-OH is 1. The van der Waals surface area contributed by atoms with Crippen LogP contribution in [0.1, 0.15) is 26.7 Å². The van der Waals surface area contributed by atoms with Crippen LogP contribution in [-0.4, -0.2) is 53.9 Å². The number of aliphatic hydroxyl groups is 1. The van der Waals surface area contributed by atoms with Crippen LogP contribution >= 0.6 is 0 Å². The van der Waals surface area contributed by atoms with Crippen molar-refractivity contribution in [1.82, 2.24) is 9.91 Å². The van der Waals surface area contributed by atoms with Gasteiger partial charge in [-0.05, 0) is 31.8 Å². The number of hydrazine groups is 1. The number of hydrogen-bond acceptors (Lipinski definition) is 5. The summed E-state index contributed by atoms with van der Waals surface area (Å²) in [5, 5.41) is 11.7. The lowest BCUT2D eigenvalue weighted by Crippen LogP contribution is -2.42. The average Bonchev–Trinajstić information content (AvgIpc) is 2.61. The van der Waals surface area contributed by atoms with Gasteiger partial charge in [0.25, 0.3) is 0 Å². The molecule has 21 heavy (non-hydrogen) atoms. The summed E-state index contributed by atoms with van der Waals surface area (Å²) in [6.07, 6.45) is 4.06. The first-order chi connectivity index (χ1) is 10.1. The first kappa shape index (κ1) is 14.9. The Morgan fingerprint density at radius 3 is 3.00 bits per heavy atom. The number of hydrogen-bond donors (Lipinski definition) is 2. The molecule has 0 radical (unpaired) electrons. The van der Waals surface area contributed by atoms with Crippen molar-refractivity contribution in [2.45, 2.75) is 32.8 Å². The minimum absolute atomic E-state index is 0.317. The third-order valence-electron chi connectivity index (χ3n) is 4.94. The van der Waals surface area contributed by atoms with E-state index in [1.165, 1.54) is 11.3 Å². The van der Waals surface area contributed by atoms with Gasteiger partial charge in [-0.15, -0.1) is 0 Å². The van der Waals surface area contributed by atoms with Gasteiger partial charge >= 0.3 is 0 Å². The zero-order valence-corrected chi connectivity index (χ0v) is 13.1. The molecule has 5 heteroatoms. The molecule has 2 aliphatic heterocycles. The molecule has 2 heterocycles. The quantitative estimate of drug-likeness (QED) is 0.746. The maximum Gasteiger partial charge on any atom is 0.138 e. The molecule has 1 fully saturated rings. The Morgan fingerprint density at radius 1 is 1.43 bits per heavy atom. The molecule has 3 atom stereocenters. The van der Waals surface area contributed by atoms with Gasteiger partial charge in [0.05, 0.1) is 18.3 Å². The Bertz CT molecular complexity index is 458. The molecule has 1 aliphatic carbocycles. The van der Waals surface area contributed by atoms with E-state index in [0.717, 1.165) is 38.2 Å². The van der Waals surface area contributed by atoms with E-state index in [2.05, 4.69) is 17.9 Å². The lowest BCUT2D eigenvalue weighted by atomic mass is 9.77. The largest absolute Gasteiger partial charge is 0.490 e. The van der Waals surface area contributed by atoms with Crippen LogP contribution < -0.4 is 5.84 Å². The summed E-state index contributed by atoms with van der Waals surface area (Å²) in [5.74, 6) is 8.00. The van der Waals surface area contributed by atoms with Crippen LogP contribution in [0.25, 0.3) is 0 Å². The first-order valence-electron chi connectivity index (χ1n) is 8.06. The topological polar surface area (TPSA) is 62.0 Å². The van der Waals surface area contributed by atoms with Gasteiger partial charge in [0, 0.05) is 25.6 Å². The lowest BCUT2D eigenvalue weighted by Gasteiger charge is -2.42. The van der Waals surface area contributed by atoms with Crippen molar-refractivity contribution in [3.05, 3.63) is 23.1 Å². The van der Waals surface area contributed by atoms with Gasteiger partial charge in [0.15, 0.2) is 0 Å². The van der Waals surface area contributed by atoms with Crippen LogP contribution in [0.3, 0.4) is 0 Å². The van der Waals surface area contributed by atoms with Crippen LogP contribution in [0.5, 0.6) is 0 Å². The summed E-state index contributed by atoms with van der Waals surface area (Å²) in [4.78, 5) is 2.31. The van der Waals surface area contributed by atoms with Crippen molar-refractivity contribution in [2.24, 2.45) is 17.7 Å². The molecule has 3 N–H and O–H groups in total. The molecule has 0 aromatic rings. The molecule has 118 valence electrons. The zero-order valence-electron chi connectivity index (χ0n) is 13.1. The van der Waals surface area contributed by atoms with Crippen LogP contribution in [0.2, 0.25) is 0 Å². The van der Waals surface area contributed by atoms with E-state index in [-0.39, 0.29) is 6.10 Å². The molecule has 0 saturated carbocycles. The monoisotopic (exact) mass is 293 g/mol. The van der Waals surface area contributed by atoms with E-state index in [1.807, 2.05) is 11.9 Å². The molecule has 1 saturated heterocycles. The minimum atomic E-state index is -0.317. The molecular formula is C16H27N3O2. The van der Waals surface area contributed by atoms with E-state index < -0.39 is 0 Å². The smallest absolute Gasteiger partial charge is 0.138 e. The second-order valence-corrected chi connectivity index (χ2v) is 6.58. The number of ether oxygens (including phenoxy) is 1. The fourth-order valence-corrected chi connectivity index (χ4v) is 3.92. The summed E-state index contributed by atoms with van der Waals surface area (Å²) in [5.41, 5.74) is 2.76. The molecule has 3 aliphatic rings. The van der Waals surface area contributed by atoms with Crippen molar-refractivity contribution < 1.29 is 9.84 Å². The van der Waals surface area contributed by atoms with Gasteiger partial charge in [0.1, 0.15) is 12.4 Å². The maximum atomic E-state index is 9.75. The van der Waals surface area contributed by atoms with Crippen LogP contribution in [0.15, 0.2) is 23.1 Å². The number of nitrogens with zero attached hydrogens (tertiary/aromatic N) is 2. The lowest BCUT2D eigenvalue weighted by molar-refractivity contribution is 0.0773. The number of fused-ring (bicyclic) bond motifs is 1. The molecule has 0 bridgehead atoms. The minimum Gasteiger partial charge on any atom is -0.490 e. The van der Waals surface area contributed by atoms with Crippen molar-refractivity contribution in [3.63, 3.8) is 0 Å². The number of β-amino-alcohol motifs (C(OH)–C–C–N with tert-alkyl or cyclic N) is 1. The highest BCUT2D eigenvalue weighted by Gasteiger charge is 2.36. The molecule has 0 amide bonds. The Labute approximate surface area is 127 Å². The molecule has 0 aromatic carbocycles. The number of rotatable bonds is 2. The predicted molar refractivity (Wildman–Crippen MR) is 82.0 cm³/mol. The molecule has 0 aromatic heterocycles. The fourth-order valence-electron chi connectivity index (χ4n) is 3.92. The van der Waals surface area contributed by atoms with Crippen molar-refractivity contribution in [3.8, 4) is 0 Å². The second kappa shape index (κ2) is 5.99. The highest BCUT2D eigenvalue weighted by atomic mass is 16.5. The Balaban J connectivity index is 1.89. The third-order valence-corrected chi connectivity index (χ3v) is 4.94. The summed E-state index contributed by atoms with van der Waals surface area (Å²) in [7, 11) is 0. The van der Waals surface area contributed by atoms with Crippen LogP contribution in [0.4, 0.5) is 0 Å². The van der Waals surface area contributed by atoms with E-state index in [4.69, 9.17) is 10.6 Å². The van der Waals surface area contributed by atoms with Gasteiger partial charge in [-0.25, -0.2) is 5.01 Å². The van der Waals surface area contributed by atoms with Crippen LogP contribution in [-0.2, 0) is 4.74 Å². The first-order valence-corrected chi connectivity index (χ1v) is 8.06. The van der Waals surface area contributed by atoms with E-state index in [0.29, 0.717) is 25.0 Å². The summed E-state index contributed by atoms with van der Waals surface area (Å²) in [6, 6.07) is 0. The molecule has 0 spiro atoms. The highest BCUT2D eigenvalue weighted by Crippen LogP contribution is 2.42. The van der Waals surface area contributed by atoms with E-state index in [1.54, 1.807) is 0 Å². The van der Waals surface area contributed by atoms with Gasteiger partial charge in [0.2, 0.25) is 0 Å². The average molecular weight is 293 g/mol. The molecule has 3 rings (SSSR count). The SMILES string of the molecule is CC1C2=C(C=C3CCN(N)CCC31)OCCN2C[C@H](C)O. The van der Waals surface area contributed by atoms with E-state index >= 15 is 0 Å². The molecular weight excluding hydrogens is 266 g/mol. The summed E-state index contributed by atoms with van der Waals surface area (Å²) in [6.45, 7) is 8.28. The second-order valence-electron chi connectivity index (χ2n) is 6.58. The van der Waals surface area contributed by atoms with Crippen molar-refractivity contribution in [2.75, 3.05) is 32.8 Å². The molecule has 5 nitrogen and oxygen atoms in total. The molecule has 2 unspecified atom stereocenters. The zero-order chi connectivity index (χ0) is 15.0. The van der Waals surface area contributed by atoms with Crippen molar-refractivity contribution in [1.29, 1.82) is 0 Å². The standard InChI is InChI=1S/C16H27N3O2/c1-11(20)10-18-7-8-21-15-9-13-3-5-19(17)6-4-14(13)12(2)16(15)18/h9,11-12,14,20H,3-8,10,17H2,1-2H3/t11-,12?,14?/m0/s1. The Morgan fingerprint density at radius 2 is 2.24 bits per heavy atom. The predicted octanol–water partition coefficient (Wildman–Crippen LogP) is 1.07. The van der Waals surface area contributed by atoms with E-state index in [9.17, 15) is 5.11 Å². The number of allylic oxidation sites excluding steroid dienone is 2. The fraction of sp³-hybridized carbons (Fsp3) is 0.750. The Hall–Kier alpha value is -1.04. The Kier molecular flexibility index (Phi) is 4.24. The maximum absolute atomic E-state index is 9.75. The van der Waals surface area contributed by atoms with Crippen molar-refractivity contribution >= 4 is 0 Å². The van der Waals surface area contributed by atoms with Crippen LogP contribution in [0, 0.1) is 11.8 Å².